The molecule has 1 aromatic carbocycles. The number of carboxylic acid groups (broad SMARTS) is 1. The fourth-order valence-corrected chi connectivity index (χ4v) is 3.59. The average Bonchev–Trinajstić information content (AvgIpc) is 2.60. The third kappa shape index (κ3) is 2.38. The van der Waals surface area contributed by atoms with Crippen LogP contribution in [0, 0.1) is 5.82 Å². The number of hydrogen-bond acceptors (Lipinski definition) is 6. The number of benzene rings is 1. The summed E-state index contributed by atoms with van der Waals surface area (Å²) < 4.78 is 22.3. The number of rotatable bonds is 2. The van der Waals surface area contributed by atoms with Gasteiger partial charge < -0.3 is 20.5 Å². The Labute approximate surface area is 148 Å². The molecule has 1 fully saturated rings. The van der Waals surface area contributed by atoms with Crippen molar-refractivity contribution in [3.63, 3.8) is 0 Å². The van der Waals surface area contributed by atoms with E-state index < -0.39 is 22.8 Å². The fraction of sp³-hybridized carbons (Fsp3) is 0.412. The predicted molar refractivity (Wildman–Crippen MR) is 94.2 cm³/mol. The summed E-state index contributed by atoms with van der Waals surface area (Å²) in [4.78, 5) is 25.8. The SMILES string of the molecule is CN1COc2c(N3CCC(N)CC3)c(F)cc3c(=O)c(C(=O)O)cn1c23. The molecule has 4 rings (SSSR count). The van der Waals surface area contributed by atoms with Crippen LogP contribution >= 0.6 is 0 Å². The van der Waals surface area contributed by atoms with Crippen molar-refractivity contribution < 1.29 is 19.0 Å². The van der Waals surface area contributed by atoms with E-state index in [0.29, 0.717) is 24.3 Å². The van der Waals surface area contributed by atoms with Crippen LogP contribution in [-0.2, 0) is 0 Å². The van der Waals surface area contributed by atoms with Crippen molar-refractivity contribution in [3.05, 3.63) is 33.9 Å². The molecule has 3 N–H and O–H groups in total. The van der Waals surface area contributed by atoms with Crippen LogP contribution in [0.25, 0.3) is 10.9 Å². The summed E-state index contributed by atoms with van der Waals surface area (Å²) >= 11 is 0. The standard InChI is InChI=1S/C17H19FN4O4/c1-20-8-26-16-13-10(15(23)11(17(24)25)7-22(13)20)6-12(18)14(16)21-4-2-9(19)3-5-21/h6-7,9H,2-5,8,19H2,1H3,(H,24,25). The molecule has 1 aromatic heterocycles. The number of piperidine rings is 1. The first kappa shape index (κ1) is 16.6. The molecule has 0 amide bonds. The van der Waals surface area contributed by atoms with Crippen molar-refractivity contribution in [2.75, 3.05) is 36.8 Å². The van der Waals surface area contributed by atoms with Gasteiger partial charge in [-0.1, -0.05) is 0 Å². The van der Waals surface area contributed by atoms with E-state index in [2.05, 4.69) is 0 Å². The number of pyridine rings is 1. The maximum absolute atomic E-state index is 15.0. The number of ether oxygens (including phenoxy) is 1. The normalized spacial score (nSPS) is 17.5. The van der Waals surface area contributed by atoms with Gasteiger partial charge in [0.15, 0.2) is 18.3 Å². The lowest BCUT2D eigenvalue weighted by atomic mass is 10.0. The smallest absolute Gasteiger partial charge is 0.341 e. The highest BCUT2D eigenvalue weighted by Gasteiger charge is 2.30. The number of aromatic carboxylic acids is 1. The van der Waals surface area contributed by atoms with Crippen molar-refractivity contribution in [2.45, 2.75) is 18.9 Å². The summed E-state index contributed by atoms with van der Waals surface area (Å²) in [5.74, 6) is -1.68. The maximum atomic E-state index is 15.0. The minimum Gasteiger partial charge on any atom is -0.477 e. The van der Waals surface area contributed by atoms with Gasteiger partial charge in [-0.3, -0.25) is 14.5 Å². The van der Waals surface area contributed by atoms with Crippen molar-refractivity contribution in [1.82, 2.24) is 4.68 Å². The van der Waals surface area contributed by atoms with Gasteiger partial charge in [-0.25, -0.2) is 9.18 Å². The molecular weight excluding hydrogens is 343 g/mol. The van der Waals surface area contributed by atoms with Crippen LogP contribution in [0.15, 0.2) is 17.1 Å². The Morgan fingerprint density at radius 2 is 2.08 bits per heavy atom. The molecule has 8 nitrogen and oxygen atoms in total. The van der Waals surface area contributed by atoms with Gasteiger partial charge in [0.05, 0.1) is 5.39 Å². The van der Waals surface area contributed by atoms with Crippen molar-refractivity contribution in [3.8, 4) is 5.75 Å². The largest absolute Gasteiger partial charge is 0.477 e. The number of halogens is 1. The van der Waals surface area contributed by atoms with Gasteiger partial charge in [0.1, 0.15) is 16.8 Å². The third-order valence-electron chi connectivity index (χ3n) is 5.00. The van der Waals surface area contributed by atoms with Gasteiger partial charge in [-0.15, -0.1) is 0 Å². The Kier molecular flexibility index (Phi) is 3.76. The summed E-state index contributed by atoms with van der Waals surface area (Å²) in [5.41, 5.74) is 5.47. The van der Waals surface area contributed by atoms with E-state index in [1.54, 1.807) is 12.1 Å². The Bertz CT molecular complexity index is 966. The molecule has 9 heteroatoms. The molecule has 0 atom stereocenters. The van der Waals surface area contributed by atoms with Crippen molar-refractivity contribution in [2.24, 2.45) is 5.73 Å². The van der Waals surface area contributed by atoms with Gasteiger partial charge in [0.25, 0.3) is 0 Å². The van der Waals surface area contributed by atoms with Gasteiger partial charge in [-0.2, -0.15) is 0 Å². The minimum atomic E-state index is -1.35. The van der Waals surface area contributed by atoms with Crippen LogP contribution in [0.4, 0.5) is 10.1 Å². The van der Waals surface area contributed by atoms with Crippen LogP contribution in [0.5, 0.6) is 5.75 Å². The van der Waals surface area contributed by atoms with E-state index in [4.69, 9.17) is 10.5 Å². The molecule has 0 aliphatic carbocycles. The second-order valence-electron chi connectivity index (χ2n) is 6.71. The van der Waals surface area contributed by atoms with E-state index >= 15 is 0 Å². The first-order chi connectivity index (χ1) is 12.4. The Morgan fingerprint density at radius 1 is 1.38 bits per heavy atom. The summed E-state index contributed by atoms with van der Waals surface area (Å²) in [6, 6.07) is 1.20. The summed E-state index contributed by atoms with van der Waals surface area (Å²) in [7, 11) is 1.70. The zero-order chi connectivity index (χ0) is 18.6. The number of aromatic nitrogens is 1. The molecule has 0 unspecified atom stereocenters. The van der Waals surface area contributed by atoms with Crippen LogP contribution in [0.3, 0.4) is 0 Å². The highest BCUT2D eigenvalue weighted by molar-refractivity contribution is 5.97. The monoisotopic (exact) mass is 362 g/mol. The number of nitrogens with zero attached hydrogens (tertiary/aromatic N) is 3. The number of anilines is 1. The first-order valence-corrected chi connectivity index (χ1v) is 8.38. The molecule has 0 radical (unpaired) electrons. The highest BCUT2D eigenvalue weighted by Crippen LogP contribution is 2.40. The molecule has 2 aliphatic heterocycles. The van der Waals surface area contributed by atoms with E-state index in [1.807, 2.05) is 4.90 Å². The second kappa shape index (κ2) is 5.87. The van der Waals surface area contributed by atoms with Crippen LogP contribution < -0.4 is 25.8 Å². The van der Waals surface area contributed by atoms with E-state index in [0.717, 1.165) is 18.9 Å². The molecule has 2 aromatic rings. The first-order valence-electron chi connectivity index (χ1n) is 8.38. The molecule has 0 saturated carbocycles. The van der Waals surface area contributed by atoms with Crippen LogP contribution in [0.1, 0.15) is 23.2 Å². The molecular formula is C17H19FN4O4. The zero-order valence-corrected chi connectivity index (χ0v) is 14.2. The van der Waals surface area contributed by atoms with Gasteiger partial charge in [-0.05, 0) is 18.9 Å². The molecule has 0 bridgehead atoms. The summed E-state index contributed by atoms with van der Waals surface area (Å²) in [5, 5.41) is 10.9. The number of carboxylic acids is 1. The molecule has 3 heterocycles. The van der Waals surface area contributed by atoms with Crippen molar-refractivity contribution in [1.29, 1.82) is 0 Å². The molecule has 138 valence electrons. The third-order valence-corrected chi connectivity index (χ3v) is 5.00. The Hall–Kier alpha value is -2.81. The van der Waals surface area contributed by atoms with Gasteiger partial charge in [0.2, 0.25) is 5.43 Å². The fourth-order valence-electron chi connectivity index (χ4n) is 3.59. The topological polar surface area (TPSA) is 101 Å². The Balaban J connectivity index is 2.00. The van der Waals surface area contributed by atoms with Crippen molar-refractivity contribution >= 4 is 22.6 Å². The van der Waals surface area contributed by atoms with Gasteiger partial charge in [0, 0.05) is 32.4 Å². The van der Waals surface area contributed by atoms with E-state index in [9.17, 15) is 19.1 Å². The lowest BCUT2D eigenvalue weighted by Gasteiger charge is -2.36. The Morgan fingerprint density at radius 3 is 2.73 bits per heavy atom. The van der Waals surface area contributed by atoms with Crippen LogP contribution in [0.2, 0.25) is 0 Å². The minimum absolute atomic E-state index is 0.0126. The molecule has 26 heavy (non-hydrogen) atoms. The maximum Gasteiger partial charge on any atom is 0.341 e. The van der Waals surface area contributed by atoms with Crippen LogP contribution in [-0.4, -0.2) is 48.7 Å². The summed E-state index contributed by atoms with van der Waals surface area (Å²) in [6.07, 6.45) is 2.73. The van der Waals surface area contributed by atoms with Gasteiger partial charge >= 0.3 is 5.97 Å². The lowest BCUT2D eigenvalue weighted by Crippen LogP contribution is -2.42. The molecule has 0 spiro atoms. The number of carbonyl (C=O) groups is 1. The predicted octanol–water partition coefficient (Wildman–Crippen LogP) is 0.684. The number of nitrogens with two attached hydrogens (primary N) is 1. The molecule has 1 saturated heterocycles. The highest BCUT2D eigenvalue weighted by atomic mass is 19.1. The quantitative estimate of drug-likeness (QED) is 0.810. The zero-order valence-electron chi connectivity index (χ0n) is 14.2. The summed E-state index contributed by atoms with van der Waals surface area (Å²) in [6.45, 7) is 1.29. The van der Waals surface area contributed by atoms with E-state index in [-0.39, 0.29) is 23.9 Å². The second-order valence-corrected chi connectivity index (χ2v) is 6.71. The lowest BCUT2D eigenvalue weighted by molar-refractivity contribution is 0.0694. The molecule has 2 aliphatic rings. The van der Waals surface area contributed by atoms with E-state index in [1.165, 1.54) is 10.9 Å². The number of hydrogen-bond donors (Lipinski definition) is 2. The average molecular weight is 362 g/mol.